The van der Waals surface area contributed by atoms with Crippen LogP contribution in [0.2, 0.25) is 0 Å². The lowest BCUT2D eigenvalue weighted by molar-refractivity contribution is 1.19. The van der Waals surface area contributed by atoms with Crippen molar-refractivity contribution in [2.24, 2.45) is 0 Å². The molecule has 0 fully saturated rings. The molecule has 0 bridgehead atoms. The van der Waals surface area contributed by atoms with Gasteiger partial charge in [-0.3, -0.25) is 0 Å². The second-order valence-corrected chi connectivity index (χ2v) is 7.36. The van der Waals surface area contributed by atoms with E-state index in [1.165, 1.54) is 33.4 Å². The quantitative estimate of drug-likeness (QED) is 0.336. The maximum absolute atomic E-state index is 3.49. The standard InChI is InChI=1S/C25H19Br/c26-25-16-14-24(15-17-25)23-12-8-20(9-13-23)18-19-6-10-22(11-7-19)21-4-2-1-3-5-21/h1-17H,18H2. The summed E-state index contributed by atoms with van der Waals surface area (Å²) in [6.45, 7) is 0. The van der Waals surface area contributed by atoms with Crippen molar-refractivity contribution >= 4 is 15.9 Å². The smallest absolute Gasteiger partial charge is 0.0175 e. The molecular formula is C25H19Br. The molecule has 0 amide bonds. The van der Waals surface area contributed by atoms with Crippen LogP contribution < -0.4 is 0 Å². The SMILES string of the molecule is Brc1ccc(-c2ccc(Cc3ccc(-c4ccccc4)cc3)cc2)cc1. The minimum Gasteiger partial charge on any atom is -0.0622 e. The van der Waals surface area contributed by atoms with Crippen LogP contribution in [-0.2, 0) is 6.42 Å². The Hall–Kier alpha value is -2.64. The summed E-state index contributed by atoms with van der Waals surface area (Å²) < 4.78 is 1.11. The molecule has 0 saturated heterocycles. The van der Waals surface area contributed by atoms with E-state index < -0.39 is 0 Å². The minimum atomic E-state index is 0.954. The topological polar surface area (TPSA) is 0 Å². The van der Waals surface area contributed by atoms with Gasteiger partial charge >= 0.3 is 0 Å². The third-order valence-corrected chi connectivity index (χ3v) is 5.13. The lowest BCUT2D eigenvalue weighted by Crippen LogP contribution is -1.89. The van der Waals surface area contributed by atoms with E-state index in [2.05, 4.69) is 119 Å². The molecular weight excluding hydrogens is 380 g/mol. The van der Waals surface area contributed by atoms with Crippen LogP contribution in [0.4, 0.5) is 0 Å². The highest BCUT2D eigenvalue weighted by Crippen LogP contribution is 2.24. The Kier molecular flexibility index (Phi) is 4.99. The van der Waals surface area contributed by atoms with E-state index in [1.807, 2.05) is 0 Å². The van der Waals surface area contributed by atoms with E-state index in [0.29, 0.717) is 0 Å². The lowest BCUT2D eigenvalue weighted by Gasteiger charge is -2.07. The molecule has 0 aromatic heterocycles. The van der Waals surface area contributed by atoms with Gasteiger partial charge in [-0.15, -0.1) is 0 Å². The number of hydrogen-bond acceptors (Lipinski definition) is 0. The van der Waals surface area contributed by atoms with Gasteiger partial charge < -0.3 is 0 Å². The van der Waals surface area contributed by atoms with E-state index in [4.69, 9.17) is 0 Å². The van der Waals surface area contributed by atoms with Gasteiger partial charge in [-0.25, -0.2) is 0 Å². The molecule has 0 heterocycles. The third-order valence-electron chi connectivity index (χ3n) is 4.60. The van der Waals surface area contributed by atoms with Gasteiger partial charge in [-0.1, -0.05) is 107 Å². The molecule has 0 unspecified atom stereocenters. The van der Waals surface area contributed by atoms with Gasteiger partial charge in [0.1, 0.15) is 0 Å². The minimum absolute atomic E-state index is 0.954. The summed E-state index contributed by atoms with van der Waals surface area (Å²) in [5, 5.41) is 0. The van der Waals surface area contributed by atoms with Crippen molar-refractivity contribution in [1.29, 1.82) is 0 Å². The normalized spacial score (nSPS) is 10.7. The zero-order valence-electron chi connectivity index (χ0n) is 14.4. The van der Waals surface area contributed by atoms with Crippen LogP contribution in [-0.4, -0.2) is 0 Å². The van der Waals surface area contributed by atoms with Crippen molar-refractivity contribution in [3.8, 4) is 22.3 Å². The molecule has 0 N–H and O–H groups in total. The first-order chi connectivity index (χ1) is 12.8. The molecule has 126 valence electrons. The molecule has 0 saturated carbocycles. The number of hydrogen-bond donors (Lipinski definition) is 0. The van der Waals surface area contributed by atoms with E-state index >= 15 is 0 Å². The van der Waals surface area contributed by atoms with Gasteiger partial charge in [-0.2, -0.15) is 0 Å². The number of halogens is 1. The first-order valence-corrected chi connectivity index (χ1v) is 9.56. The summed E-state index contributed by atoms with van der Waals surface area (Å²) in [7, 11) is 0. The van der Waals surface area contributed by atoms with Crippen LogP contribution in [0.3, 0.4) is 0 Å². The molecule has 0 radical (unpaired) electrons. The van der Waals surface area contributed by atoms with E-state index in [-0.39, 0.29) is 0 Å². The largest absolute Gasteiger partial charge is 0.0622 e. The molecule has 0 aliphatic carbocycles. The highest BCUT2D eigenvalue weighted by molar-refractivity contribution is 9.10. The summed E-state index contributed by atoms with van der Waals surface area (Å²) in [6, 6.07) is 36.7. The first-order valence-electron chi connectivity index (χ1n) is 8.77. The van der Waals surface area contributed by atoms with Crippen molar-refractivity contribution < 1.29 is 0 Å². The van der Waals surface area contributed by atoms with E-state index in [0.717, 1.165) is 10.9 Å². The number of rotatable bonds is 4. The lowest BCUT2D eigenvalue weighted by atomic mass is 9.98. The first kappa shape index (κ1) is 16.8. The average Bonchev–Trinajstić information content (AvgIpc) is 2.71. The van der Waals surface area contributed by atoms with Gasteiger partial charge in [0.2, 0.25) is 0 Å². The summed E-state index contributed by atoms with van der Waals surface area (Å²) >= 11 is 3.49. The summed E-state index contributed by atoms with van der Waals surface area (Å²) in [5.41, 5.74) is 7.69. The molecule has 4 aromatic carbocycles. The monoisotopic (exact) mass is 398 g/mol. The Labute approximate surface area is 163 Å². The molecule has 0 aliphatic rings. The average molecular weight is 399 g/mol. The fourth-order valence-corrected chi connectivity index (χ4v) is 3.40. The second kappa shape index (κ2) is 7.72. The third kappa shape index (κ3) is 3.95. The van der Waals surface area contributed by atoms with Crippen LogP contribution in [0.5, 0.6) is 0 Å². The van der Waals surface area contributed by atoms with Crippen LogP contribution >= 0.6 is 15.9 Å². The Morgan fingerprint density at radius 2 is 0.808 bits per heavy atom. The molecule has 0 atom stereocenters. The maximum atomic E-state index is 3.49. The van der Waals surface area contributed by atoms with Gasteiger partial charge in [0.15, 0.2) is 0 Å². The Balaban J connectivity index is 1.48. The molecule has 4 rings (SSSR count). The Morgan fingerprint density at radius 1 is 0.423 bits per heavy atom. The number of benzene rings is 4. The predicted octanol–water partition coefficient (Wildman–Crippen LogP) is 7.37. The Bertz CT molecular complexity index is 967. The van der Waals surface area contributed by atoms with Gasteiger partial charge in [0.05, 0.1) is 0 Å². The van der Waals surface area contributed by atoms with Crippen molar-refractivity contribution in [3.05, 3.63) is 119 Å². The molecule has 0 spiro atoms. The zero-order valence-corrected chi connectivity index (χ0v) is 16.0. The van der Waals surface area contributed by atoms with Crippen LogP contribution in [0, 0.1) is 0 Å². The molecule has 0 nitrogen and oxygen atoms in total. The maximum Gasteiger partial charge on any atom is 0.0175 e. The summed E-state index contributed by atoms with van der Waals surface area (Å²) in [4.78, 5) is 0. The fraction of sp³-hybridized carbons (Fsp3) is 0.0400. The van der Waals surface area contributed by atoms with Gasteiger partial charge in [-0.05, 0) is 51.9 Å². The van der Waals surface area contributed by atoms with Crippen molar-refractivity contribution in [3.63, 3.8) is 0 Å². The van der Waals surface area contributed by atoms with Crippen LogP contribution in [0.25, 0.3) is 22.3 Å². The molecule has 4 aromatic rings. The van der Waals surface area contributed by atoms with E-state index in [1.54, 1.807) is 0 Å². The van der Waals surface area contributed by atoms with Crippen LogP contribution in [0.1, 0.15) is 11.1 Å². The van der Waals surface area contributed by atoms with Crippen molar-refractivity contribution in [1.82, 2.24) is 0 Å². The summed E-state index contributed by atoms with van der Waals surface area (Å²) in [6.07, 6.45) is 0.954. The van der Waals surface area contributed by atoms with Crippen LogP contribution in [0.15, 0.2) is 108 Å². The summed E-state index contributed by atoms with van der Waals surface area (Å²) in [5.74, 6) is 0. The van der Waals surface area contributed by atoms with Crippen molar-refractivity contribution in [2.45, 2.75) is 6.42 Å². The highest BCUT2D eigenvalue weighted by atomic mass is 79.9. The van der Waals surface area contributed by atoms with Gasteiger partial charge in [0.25, 0.3) is 0 Å². The van der Waals surface area contributed by atoms with Gasteiger partial charge in [0, 0.05) is 4.47 Å². The highest BCUT2D eigenvalue weighted by Gasteiger charge is 2.01. The molecule has 26 heavy (non-hydrogen) atoms. The predicted molar refractivity (Wildman–Crippen MR) is 114 cm³/mol. The molecule has 1 heteroatoms. The van der Waals surface area contributed by atoms with E-state index in [9.17, 15) is 0 Å². The van der Waals surface area contributed by atoms with Crippen molar-refractivity contribution in [2.75, 3.05) is 0 Å². The second-order valence-electron chi connectivity index (χ2n) is 6.44. The fourth-order valence-electron chi connectivity index (χ4n) is 3.14. The molecule has 0 aliphatic heterocycles. The Morgan fingerprint density at radius 3 is 1.27 bits per heavy atom. The zero-order chi connectivity index (χ0) is 17.8.